The molecule has 1 aromatic rings. The molecule has 3 nitrogen and oxygen atoms in total. The van der Waals surface area contributed by atoms with Crippen LogP contribution in [-0.2, 0) is 17.8 Å². The maximum absolute atomic E-state index is 12.5. The van der Waals surface area contributed by atoms with Gasteiger partial charge in [-0.2, -0.15) is 8.78 Å². The average molecular weight is 286 g/mol. The lowest BCUT2D eigenvalue weighted by Gasteiger charge is -2.14. The summed E-state index contributed by atoms with van der Waals surface area (Å²) < 4.78 is 53.3. The van der Waals surface area contributed by atoms with Crippen LogP contribution in [0.1, 0.15) is 10.7 Å². The summed E-state index contributed by atoms with van der Waals surface area (Å²) in [6.45, 7) is -0.712. The molecule has 0 aliphatic rings. The first-order valence-corrected chi connectivity index (χ1v) is 6.15. The fourth-order valence-electron chi connectivity index (χ4n) is 1.12. The summed E-state index contributed by atoms with van der Waals surface area (Å²) in [4.78, 5) is 4.13. The Morgan fingerprint density at radius 1 is 1.50 bits per heavy atom. The van der Waals surface area contributed by atoms with Crippen LogP contribution in [0, 0.1) is 0 Å². The molecule has 0 unspecified atom stereocenters. The van der Waals surface area contributed by atoms with Crippen molar-refractivity contribution in [3.8, 4) is 0 Å². The highest BCUT2D eigenvalue weighted by Gasteiger charge is 2.40. The fraction of sp³-hybridized carbons (Fsp3) is 0.700. The third-order valence-corrected chi connectivity index (χ3v) is 2.94. The van der Waals surface area contributed by atoms with Crippen LogP contribution < -0.4 is 5.32 Å². The van der Waals surface area contributed by atoms with E-state index in [1.54, 1.807) is 5.38 Å². The second-order valence-corrected chi connectivity index (χ2v) is 4.58. The number of rotatable bonds is 8. The van der Waals surface area contributed by atoms with Crippen LogP contribution in [0.5, 0.6) is 0 Å². The van der Waals surface area contributed by atoms with Crippen molar-refractivity contribution in [2.24, 2.45) is 0 Å². The number of nitrogens with zero attached hydrogens (tertiary/aromatic N) is 1. The van der Waals surface area contributed by atoms with E-state index in [9.17, 15) is 17.6 Å². The lowest BCUT2D eigenvalue weighted by Crippen LogP contribution is -2.32. The number of aromatic nitrogens is 1. The number of thiazole rings is 1. The van der Waals surface area contributed by atoms with E-state index < -0.39 is 19.0 Å². The van der Waals surface area contributed by atoms with Crippen molar-refractivity contribution in [3.63, 3.8) is 0 Å². The van der Waals surface area contributed by atoms with Gasteiger partial charge in [0, 0.05) is 18.3 Å². The first kappa shape index (κ1) is 15.3. The summed E-state index contributed by atoms with van der Waals surface area (Å²) in [7, 11) is 1.81. The number of halogens is 4. The Hall–Kier alpha value is -0.730. The molecule has 0 aliphatic heterocycles. The normalized spacial score (nSPS) is 12.3. The maximum atomic E-state index is 12.5. The monoisotopic (exact) mass is 286 g/mol. The standard InChI is InChI=1S/C10H14F4N2OS/c1-15-3-2-7-5-18-8(16-7)4-17-6-10(13,14)9(11)12/h5,9,15H,2-4,6H2,1H3. The van der Waals surface area contributed by atoms with Gasteiger partial charge in [-0.3, -0.25) is 0 Å². The summed E-state index contributed by atoms with van der Waals surface area (Å²) in [5.74, 6) is -4.10. The van der Waals surface area contributed by atoms with E-state index in [1.807, 2.05) is 7.05 Å². The molecule has 104 valence electrons. The molecule has 1 N–H and O–H groups in total. The molecule has 1 rings (SSSR count). The zero-order chi connectivity index (χ0) is 13.6. The first-order chi connectivity index (χ1) is 8.45. The molecule has 1 heterocycles. The number of alkyl halides is 4. The van der Waals surface area contributed by atoms with Gasteiger partial charge in [-0.15, -0.1) is 11.3 Å². The first-order valence-electron chi connectivity index (χ1n) is 5.27. The molecule has 0 radical (unpaired) electrons. The Kier molecular flexibility index (Phi) is 5.97. The lowest BCUT2D eigenvalue weighted by molar-refractivity contribution is -0.168. The molecule has 0 saturated carbocycles. The zero-order valence-electron chi connectivity index (χ0n) is 9.76. The van der Waals surface area contributed by atoms with Gasteiger partial charge in [0.15, 0.2) is 0 Å². The van der Waals surface area contributed by atoms with E-state index in [2.05, 4.69) is 15.0 Å². The zero-order valence-corrected chi connectivity index (χ0v) is 10.6. The largest absolute Gasteiger partial charge is 0.368 e. The molecule has 0 aliphatic carbocycles. The van der Waals surface area contributed by atoms with Gasteiger partial charge in [-0.25, -0.2) is 13.8 Å². The smallest absolute Gasteiger partial charge is 0.330 e. The fourth-order valence-corrected chi connectivity index (χ4v) is 1.88. The van der Waals surface area contributed by atoms with Gasteiger partial charge in [-0.1, -0.05) is 0 Å². The highest BCUT2D eigenvalue weighted by atomic mass is 32.1. The van der Waals surface area contributed by atoms with E-state index in [1.165, 1.54) is 11.3 Å². The molecule has 0 saturated heterocycles. The van der Waals surface area contributed by atoms with Crippen LogP contribution in [0.4, 0.5) is 17.6 Å². The van der Waals surface area contributed by atoms with Gasteiger partial charge in [0.05, 0.1) is 12.3 Å². The molecule has 0 atom stereocenters. The summed E-state index contributed by atoms with van der Waals surface area (Å²) in [5, 5.41) is 5.25. The molecule has 0 spiro atoms. The number of hydrogen-bond acceptors (Lipinski definition) is 4. The maximum Gasteiger partial charge on any atom is 0.330 e. The Balaban J connectivity index is 2.33. The summed E-state index contributed by atoms with van der Waals surface area (Å²) in [6.07, 6.45) is -2.99. The third-order valence-electron chi connectivity index (χ3n) is 2.07. The van der Waals surface area contributed by atoms with Crippen LogP contribution in [0.15, 0.2) is 5.38 Å². The van der Waals surface area contributed by atoms with Crippen molar-refractivity contribution in [2.45, 2.75) is 25.4 Å². The van der Waals surface area contributed by atoms with Crippen LogP contribution in [-0.4, -0.2) is 37.5 Å². The lowest BCUT2D eigenvalue weighted by atomic mass is 10.3. The minimum Gasteiger partial charge on any atom is -0.368 e. The van der Waals surface area contributed by atoms with Crippen LogP contribution in [0.25, 0.3) is 0 Å². The highest BCUT2D eigenvalue weighted by molar-refractivity contribution is 7.09. The highest BCUT2D eigenvalue weighted by Crippen LogP contribution is 2.23. The van der Waals surface area contributed by atoms with E-state index in [0.717, 1.165) is 18.7 Å². The second kappa shape index (κ2) is 7.01. The quantitative estimate of drug-likeness (QED) is 0.745. The van der Waals surface area contributed by atoms with Gasteiger partial charge in [0.2, 0.25) is 0 Å². The number of hydrogen-bond donors (Lipinski definition) is 1. The molecular formula is C10H14F4N2OS. The van der Waals surface area contributed by atoms with Gasteiger partial charge in [0.1, 0.15) is 11.6 Å². The summed E-state index contributed by atoms with van der Waals surface area (Å²) in [6, 6.07) is 0. The van der Waals surface area contributed by atoms with Crippen molar-refractivity contribution in [3.05, 3.63) is 16.1 Å². The van der Waals surface area contributed by atoms with E-state index in [4.69, 9.17) is 0 Å². The van der Waals surface area contributed by atoms with E-state index >= 15 is 0 Å². The molecule has 0 fully saturated rings. The molecule has 0 amide bonds. The van der Waals surface area contributed by atoms with Crippen molar-refractivity contribution in [2.75, 3.05) is 20.2 Å². The molecule has 0 aromatic carbocycles. The Morgan fingerprint density at radius 2 is 2.22 bits per heavy atom. The molecule has 18 heavy (non-hydrogen) atoms. The second-order valence-electron chi connectivity index (χ2n) is 3.64. The minimum absolute atomic E-state index is 0.174. The Labute approximate surface area is 106 Å². The van der Waals surface area contributed by atoms with Crippen molar-refractivity contribution < 1.29 is 22.3 Å². The predicted octanol–water partition coefficient (Wildman–Crippen LogP) is 2.32. The minimum atomic E-state index is -4.10. The molecule has 8 heteroatoms. The van der Waals surface area contributed by atoms with Gasteiger partial charge >= 0.3 is 12.3 Å². The predicted molar refractivity (Wildman–Crippen MR) is 60.4 cm³/mol. The summed E-state index contributed by atoms with van der Waals surface area (Å²) in [5.41, 5.74) is 0.827. The number of likely N-dealkylation sites (N-methyl/N-ethyl adjacent to an activating group) is 1. The number of ether oxygens (including phenoxy) is 1. The third kappa shape index (κ3) is 4.87. The van der Waals surface area contributed by atoms with Crippen molar-refractivity contribution in [1.82, 2.24) is 10.3 Å². The SMILES string of the molecule is CNCCc1csc(COCC(F)(F)C(F)F)n1. The molecule has 1 aromatic heterocycles. The molecule has 0 bridgehead atoms. The number of nitrogens with one attached hydrogen (secondary N) is 1. The van der Waals surface area contributed by atoms with Gasteiger partial charge in [0.25, 0.3) is 0 Å². The van der Waals surface area contributed by atoms with Crippen LogP contribution in [0.3, 0.4) is 0 Å². The van der Waals surface area contributed by atoms with Crippen LogP contribution >= 0.6 is 11.3 Å². The topological polar surface area (TPSA) is 34.1 Å². The average Bonchev–Trinajstić information content (AvgIpc) is 2.74. The van der Waals surface area contributed by atoms with Crippen LogP contribution in [0.2, 0.25) is 0 Å². The Morgan fingerprint density at radius 3 is 2.83 bits per heavy atom. The van der Waals surface area contributed by atoms with Crippen molar-refractivity contribution >= 4 is 11.3 Å². The molecular weight excluding hydrogens is 272 g/mol. The van der Waals surface area contributed by atoms with E-state index in [0.29, 0.717) is 5.01 Å². The van der Waals surface area contributed by atoms with Gasteiger partial charge < -0.3 is 10.1 Å². The van der Waals surface area contributed by atoms with Gasteiger partial charge in [-0.05, 0) is 7.05 Å². The van der Waals surface area contributed by atoms with Crippen molar-refractivity contribution in [1.29, 1.82) is 0 Å². The van der Waals surface area contributed by atoms with E-state index in [-0.39, 0.29) is 6.61 Å². The summed E-state index contributed by atoms with van der Waals surface area (Å²) >= 11 is 1.26. The Bertz CT molecular complexity index is 359.